The first-order valence-electron chi connectivity index (χ1n) is 6.88. The standard InChI is InChI=1S/C15H23N3O.2ClH/c1-12-4-3-5-14(10-12)11-17-6-8-18(9-7-17)15(19)13(2)16;;/h3-5,10,13H,6-9,11,16H2,1-2H3;2*1H/t13-;;/m1../s1. The first kappa shape index (κ1) is 20.2. The number of carbonyl (C=O) groups excluding carboxylic acids is 1. The zero-order chi connectivity index (χ0) is 13.8. The summed E-state index contributed by atoms with van der Waals surface area (Å²) in [6.07, 6.45) is 0. The molecule has 1 aromatic rings. The lowest BCUT2D eigenvalue weighted by Gasteiger charge is -2.35. The molecule has 1 amide bonds. The molecule has 1 atom stereocenters. The van der Waals surface area contributed by atoms with Gasteiger partial charge in [-0.2, -0.15) is 0 Å². The van der Waals surface area contributed by atoms with Crippen molar-refractivity contribution in [3.05, 3.63) is 35.4 Å². The van der Waals surface area contributed by atoms with Gasteiger partial charge in [0.25, 0.3) is 0 Å². The lowest BCUT2D eigenvalue weighted by molar-refractivity contribution is -0.134. The Morgan fingerprint density at radius 3 is 2.38 bits per heavy atom. The second kappa shape index (κ2) is 9.26. The number of rotatable bonds is 3. The quantitative estimate of drug-likeness (QED) is 0.918. The van der Waals surface area contributed by atoms with Crippen LogP contribution in [-0.4, -0.2) is 47.9 Å². The fraction of sp³-hybridized carbons (Fsp3) is 0.533. The molecule has 21 heavy (non-hydrogen) atoms. The van der Waals surface area contributed by atoms with Crippen LogP contribution in [0, 0.1) is 6.92 Å². The fourth-order valence-corrected chi connectivity index (χ4v) is 2.48. The van der Waals surface area contributed by atoms with E-state index < -0.39 is 0 Å². The van der Waals surface area contributed by atoms with Crippen molar-refractivity contribution in [1.82, 2.24) is 9.80 Å². The molecule has 0 radical (unpaired) electrons. The zero-order valence-electron chi connectivity index (χ0n) is 12.6. The van der Waals surface area contributed by atoms with Crippen LogP contribution in [0.15, 0.2) is 24.3 Å². The SMILES string of the molecule is Cc1cccc(CN2CCN(C(=O)[C@@H](C)N)CC2)c1.Cl.Cl. The number of carbonyl (C=O) groups is 1. The summed E-state index contributed by atoms with van der Waals surface area (Å²) in [7, 11) is 0. The van der Waals surface area contributed by atoms with Crippen molar-refractivity contribution in [3.8, 4) is 0 Å². The molecular formula is C15H25Cl2N3O. The van der Waals surface area contributed by atoms with E-state index in [-0.39, 0.29) is 36.8 Å². The average Bonchev–Trinajstić information content (AvgIpc) is 2.39. The normalized spacial score (nSPS) is 16.6. The van der Waals surface area contributed by atoms with E-state index in [2.05, 4.69) is 36.1 Å². The van der Waals surface area contributed by atoms with Gasteiger partial charge in [0.15, 0.2) is 0 Å². The zero-order valence-corrected chi connectivity index (χ0v) is 14.3. The van der Waals surface area contributed by atoms with Gasteiger partial charge in [0.1, 0.15) is 0 Å². The molecule has 2 N–H and O–H groups in total. The second-order valence-corrected chi connectivity index (χ2v) is 5.38. The van der Waals surface area contributed by atoms with E-state index in [4.69, 9.17) is 5.73 Å². The van der Waals surface area contributed by atoms with Gasteiger partial charge in [-0.3, -0.25) is 9.69 Å². The summed E-state index contributed by atoms with van der Waals surface area (Å²) in [6, 6.07) is 8.21. The summed E-state index contributed by atoms with van der Waals surface area (Å²) in [5.74, 6) is 0.0650. The Morgan fingerprint density at radius 1 is 1.24 bits per heavy atom. The van der Waals surface area contributed by atoms with Crippen LogP contribution in [-0.2, 0) is 11.3 Å². The third kappa shape index (κ3) is 5.83. The number of hydrogen-bond acceptors (Lipinski definition) is 3. The molecule has 0 aliphatic carbocycles. The van der Waals surface area contributed by atoms with Crippen LogP contribution < -0.4 is 5.73 Å². The van der Waals surface area contributed by atoms with Crippen LogP contribution >= 0.6 is 24.8 Å². The molecular weight excluding hydrogens is 309 g/mol. The average molecular weight is 334 g/mol. The van der Waals surface area contributed by atoms with Gasteiger partial charge in [-0.1, -0.05) is 29.8 Å². The summed E-state index contributed by atoms with van der Waals surface area (Å²) >= 11 is 0. The molecule has 1 aliphatic rings. The Kier molecular flexibility index (Phi) is 8.90. The lowest BCUT2D eigenvalue weighted by Crippen LogP contribution is -2.52. The Balaban J connectivity index is 0.00000200. The van der Waals surface area contributed by atoms with Crippen molar-refractivity contribution in [1.29, 1.82) is 0 Å². The summed E-state index contributed by atoms with van der Waals surface area (Å²) in [5, 5.41) is 0. The molecule has 6 heteroatoms. The topological polar surface area (TPSA) is 49.6 Å². The summed E-state index contributed by atoms with van der Waals surface area (Å²) < 4.78 is 0. The molecule has 1 aromatic carbocycles. The highest BCUT2D eigenvalue weighted by Gasteiger charge is 2.22. The monoisotopic (exact) mass is 333 g/mol. The van der Waals surface area contributed by atoms with E-state index in [1.165, 1.54) is 11.1 Å². The van der Waals surface area contributed by atoms with Gasteiger partial charge in [0, 0.05) is 32.7 Å². The van der Waals surface area contributed by atoms with E-state index >= 15 is 0 Å². The van der Waals surface area contributed by atoms with Crippen molar-refractivity contribution >= 4 is 30.7 Å². The molecule has 120 valence electrons. The molecule has 1 aliphatic heterocycles. The third-order valence-corrected chi connectivity index (χ3v) is 3.56. The largest absolute Gasteiger partial charge is 0.339 e. The molecule has 1 heterocycles. The molecule has 4 nitrogen and oxygen atoms in total. The molecule has 2 rings (SSSR count). The predicted molar refractivity (Wildman–Crippen MR) is 91.2 cm³/mol. The van der Waals surface area contributed by atoms with Crippen LogP contribution in [0.5, 0.6) is 0 Å². The second-order valence-electron chi connectivity index (χ2n) is 5.38. The molecule has 0 unspecified atom stereocenters. The number of aryl methyl sites for hydroxylation is 1. The molecule has 0 bridgehead atoms. The minimum Gasteiger partial charge on any atom is -0.339 e. The lowest BCUT2D eigenvalue weighted by atomic mass is 10.1. The Morgan fingerprint density at radius 2 is 1.86 bits per heavy atom. The molecule has 0 saturated carbocycles. The third-order valence-electron chi connectivity index (χ3n) is 3.56. The maximum Gasteiger partial charge on any atom is 0.239 e. The van der Waals surface area contributed by atoms with Crippen LogP contribution in [0.25, 0.3) is 0 Å². The number of piperazine rings is 1. The van der Waals surface area contributed by atoms with Crippen molar-refractivity contribution in [3.63, 3.8) is 0 Å². The Labute approximate surface area is 139 Å². The van der Waals surface area contributed by atoms with Crippen LogP contribution in [0.2, 0.25) is 0 Å². The fourth-order valence-electron chi connectivity index (χ4n) is 2.48. The van der Waals surface area contributed by atoms with Gasteiger partial charge < -0.3 is 10.6 Å². The Hall–Kier alpha value is -0.810. The number of nitrogens with two attached hydrogens (primary N) is 1. The predicted octanol–water partition coefficient (Wildman–Crippen LogP) is 1.83. The molecule has 0 aromatic heterocycles. The van der Waals surface area contributed by atoms with Gasteiger partial charge in [0.2, 0.25) is 5.91 Å². The highest BCUT2D eigenvalue weighted by Crippen LogP contribution is 2.10. The van der Waals surface area contributed by atoms with Crippen LogP contribution in [0.1, 0.15) is 18.1 Å². The van der Waals surface area contributed by atoms with E-state index in [0.717, 1.165) is 32.7 Å². The first-order chi connectivity index (χ1) is 9.06. The van der Waals surface area contributed by atoms with Gasteiger partial charge >= 0.3 is 0 Å². The van der Waals surface area contributed by atoms with Crippen molar-refractivity contribution < 1.29 is 4.79 Å². The molecule has 0 spiro atoms. The number of amides is 1. The molecule has 1 fully saturated rings. The van der Waals surface area contributed by atoms with E-state index in [1.807, 2.05) is 4.90 Å². The van der Waals surface area contributed by atoms with Gasteiger partial charge in [-0.05, 0) is 19.4 Å². The van der Waals surface area contributed by atoms with Gasteiger partial charge in [-0.25, -0.2) is 0 Å². The smallest absolute Gasteiger partial charge is 0.239 e. The van der Waals surface area contributed by atoms with E-state index in [9.17, 15) is 4.79 Å². The Bertz CT molecular complexity index is 446. The molecule has 1 saturated heterocycles. The van der Waals surface area contributed by atoms with Gasteiger partial charge in [0.05, 0.1) is 6.04 Å². The first-order valence-corrected chi connectivity index (χ1v) is 6.88. The number of benzene rings is 1. The van der Waals surface area contributed by atoms with Crippen molar-refractivity contribution in [2.24, 2.45) is 5.73 Å². The summed E-state index contributed by atoms with van der Waals surface area (Å²) in [4.78, 5) is 16.1. The van der Waals surface area contributed by atoms with Crippen molar-refractivity contribution in [2.45, 2.75) is 26.4 Å². The highest BCUT2D eigenvalue weighted by atomic mass is 35.5. The van der Waals surface area contributed by atoms with Gasteiger partial charge in [-0.15, -0.1) is 24.8 Å². The number of nitrogens with zero attached hydrogens (tertiary/aromatic N) is 2. The highest BCUT2D eigenvalue weighted by molar-refractivity contribution is 5.85. The maximum atomic E-state index is 11.8. The van der Waals surface area contributed by atoms with E-state index in [1.54, 1.807) is 6.92 Å². The van der Waals surface area contributed by atoms with Crippen LogP contribution in [0.3, 0.4) is 0 Å². The van der Waals surface area contributed by atoms with Crippen molar-refractivity contribution in [2.75, 3.05) is 26.2 Å². The number of hydrogen-bond donors (Lipinski definition) is 1. The van der Waals surface area contributed by atoms with Crippen LogP contribution in [0.4, 0.5) is 0 Å². The maximum absolute atomic E-state index is 11.8. The minimum absolute atomic E-state index is 0. The van der Waals surface area contributed by atoms with E-state index in [0.29, 0.717) is 0 Å². The summed E-state index contributed by atoms with van der Waals surface area (Å²) in [5.41, 5.74) is 8.27. The minimum atomic E-state index is -0.386. The summed E-state index contributed by atoms with van der Waals surface area (Å²) in [6.45, 7) is 8.24. The number of halogens is 2.